The van der Waals surface area contributed by atoms with E-state index in [9.17, 15) is 9.18 Å². The summed E-state index contributed by atoms with van der Waals surface area (Å²) in [6, 6.07) is 16.8. The number of ether oxygens (including phenoxy) is 1. The summed E-state index contributed by atoms with van der Waals surface area (Å²) in [4.78, 5) is 19.4. The lowest BCUT2D eigenvalue weighted by atomic mass is 10.0. The monoisotopic (exact) mass is 503 g/mol. The highest BCUT2D eigenvalue weighted by Gasteiger charge is 2.25. The zero-order valence-electron chi connectivity index (χ0n) is 21.9. The van der Waals surface area contributed by atoms with Gasteiger partial charge in [0.1, 0.15) is 11.6 Å². The molecule has 4 rings (SSSR count). The van der Waals surface area contributed by atoms with Crippen LogP contribution >= 0.6 is 0 Å². The molecule has 1 amide bonds. The van der Waals surface area contributed by atoms with Crippen molar-refractivity contribution in [2.75, 3.05) is 51.8 Å². The average Bonchev–Trinajstić information content (AvgIpc) is 3.29. The van der Waals surface area contributed by atoms with Crippen LogP contribution in [0, 0.1) is 12.7 Å². The molecule has 1 aliphatic rings. The van der Waals surface area contributed by atoms with Crippen LogP contribution in [0.4, 0.5) is 10.2 Å². The van der Waals surface area contributed by atoms with Gasteiger partial charge in [0.05, 0.1) is 13.7 Å². The Labute approximate surface area is 218 Å². The predicted molar refractivity (Wildman–Crippen MR) is 146 cm³/mol. The summed E-state index contributed by atoms with van der Waals surface area (Å²) in [6.07, 6.45) is 1.96. The number of carbonyl (C=O) groups is 1. The van der Waals surface area contributed by atoms with Crippen molar-refractivity contribution in [2.45, 2.75) is 6.92 Å². The fourth-order valence-corrected chi connectivity index (χ4v) is 4.52. The third-order valence-electron chi connectivity index (χ3n) is 6.69. The first kappa shape index (κ1) is 26.0. The number of carbonyl (C=O) groups excluding carboxylic acids is 1. The second-order valence-electron chi connectivity index (χ2n) is 9.28. The molecule has 2 aromatic carbocycles. The van der Waals surface area contributed by atoms with Gasteiger partial charge in [-0.15, -0.1) is 5.10 Å². The Hall–Kier alpha value is -4.07. The lowest BCUT2D eigenvalue weighted by Crippen LogP contribution is -2.51. The van der Waals surface area contributed by atoms with Gasteiger partial charge in [-0.2, -0.15) is 0 Å². The number of hydrogen-bond acceptors (Lipinski definition) is 5. The van der Waals surface area contributed by atoms with Crippen molar-refractivity contribution in [2.24, 2.45) is 7.05 Å². The van der Waals surface area contributed by atoms with E-state index in [0.717, 1.165) is 41.3 Å². The van der Waals surface area contributed by atoms with E-state index in [1.807, 2.05) is 66.4 Å². The number of rotatable bonds is 8. The molecule has 8 heteroatoms. The number of aryl methyl sites for hydroxylation is 2. The zero-order valence-corrected chi connectivity index (χ0v) is 21.9. The molecule has 0 aliphatic carbocycles. The van der Waals surface area contributed by atoms with Crippen molar-refractivity contribution in [3.63, 3.8) is 0 Å². The van der Waals surface area contributed by atoms with E-state index in [4.69, 9.17) is 4.74 Å². The van der Waals surface area contributed by atoms with Gasteiger partial charge in [-0.05, 0) is 47.4 Å². The number of anilines is 1. The Bertz CT molecular complexity index is 1290. The van der Waals surface area contributed by atoms with E-state index in [0.29, 0.717) is 24.5 Å². The molecule has 1 aromatic heterocycles. The molecule has 1 fully saturated rings. The first-order chi connectivity index (χ1) is 17.8. The van der Waals surface area contributed by atoms with Crippen molar-refractivity contribution < 1.29 is 13.9 Å². The number of likely N-dealkylation sites (N-methyl/N-ethyl adjacent to an activating group) is 1. The minimum Gasteiger partial charge on any atom is -0.480 e. The fraction of sp³-hybridized carbons (Fsp3) is 0.310. The van der Waals surface area contributed by atoms with Crippen LogP contribution in [-0.2, 0) is 11.8 Å². The van der Waals surface area contributed by atoms with Crippen LogP contribution in [0.15, 0.2) is 67.3 Å². The molecular weight excluding hydrogens is 469 g/mol. The third-order valence-corrected chi connectivity index (χ3v) is 6.69. The van der Waals surface area contributed by atoms with Crippen molar-refractivity contribution in [1.29, 1.82) is 0 Å². The molecule has 1 aliphatic heterocycles. The highest BCUT2D eigenvalue weighted by molar-refractivity contribution is 5.85. The van der Waals surface area contributed by atoms with Gasteiger partial charge in [-0.3, -0.25) is 4.79 Å². The number of benzene rings is 2. The van der Waals surface area contributed by atoms with E-state index in [2.05, 4.69) is 16.6 Å². The molecule has 2 heterocycles. The first-order valence-electron chi connectivity index (χ1n) is 12.3. The van der Waals surface area contributed by atoms with E-state index in [1.165, 1.54) is 6.07 Å². The first-order valence-corrected chi connectivity index (χ1v) is 12.3. The topological polar surface area (TPSA) is 53.8 Å². The Kier molecular flexibility index (Phi) is 7.96. The molecule has 0 bridgehead atoms. The molecular formula is C29H34FN5O2. The van der Waals surface area contributed by atoms with Crippen LogP contribution < -0.4 is 9.64 Å². The third kappa shape index (κ3) is 6.02. The quantitative estimate of drug-likeness (QED) is 0.431. The number of halogens is 1. The molecule has 0 unspecified atom stereocenters. The van der Waals surface area contributed by atoms with Crippen LogP contribution in [-0.4, -0.2) is 72.4 Å². The van der Waals surface area contributed by atoms with Crippen molar-refractivity contribution in [3.05, 3.63) is 89.8 Å². The van der Waals surface area contributed by atoms with Crippen molar-refractivity contribution in [1.82, 2.24) is 19.6 Å². The number of hydrogen-bond donors (Lipinski definition) is 0. The fourth-order valence-electron chi connectivity index (χ4n) is 4.52. The van der Waals surface area contributed by atoms with E-state index >= 15 is 0 Å². The number of aromatic nitrogens is 2. The van der Waals surface area contributed by atoms with E-state index < -0.39 is 0 Å². The van der Waals surface area contributed by atoms with Crippen molar-refractivity contribution in [3.8, 4) is 5.88 Å². The summed E-state index contributed by atoms with van der Waals surface area (Å²) in [6.45, 7) is 8.90. The van der Waals surface area contributed by atoms with Gasteiger partial charge < -0.3 is 19.4 Å². The number of nitrogens with zero attached hydrogens (tertiary/aromatic N) is 5. The van der Waals surface area contributed by atoms with Crippen LogP contribution in [0.1, 0.15) is 16.7 Å². The number of piperazine rings is 1. The minimum atomic E-state index is -0.242. The molecule has 0 N–H and O–H groups in total. The summed E-state index contributed by atoms with van der Waals surface area (Å²) in [7, 11) is 5.41. The molecule has 37 heavy (non-hydrogen) atoms. The van der Waals surface area contributed by atoms with Gasteiger partial charge in [-0.25, -0.2) is 9.07 Å². The largest absolute Gasteiger partial charge is 0.480 e. The Morgan fingerprint density at radius 3 is 2.43 bits per heavy atom. The standard InChI is InChI=1S/C29H34FN5O2/c1-21(24-11-12-25(30)22(2)17-24)18-26(23-9-7-6-8-10-23)32(3)20-29(36)35-15-13-34(14-16-35)28-19-27(37-5)31-33(28)4/h6-12,17-19H,1,13-16,20H2,2-5H3/b26-18-. The van der Waals surface area contributed by atoms with E-state index in [-0.39, 0.29) is 18.3 Å². The molecule has 0 spiro atoms. The van der Waals surface area contributed by atoms with Crippen LogP contribution in [0.5, 0.6) is 5.88 Å². The molecule has 3 aromatic rings. The smallest absolute Gasteiger partial charge is 0.242 e. The Balaban J connectivity index is 1.46. The molecule has 194 valence electrons. The Morgan fingerprint density at radius 2 is 1.81 bits per heavy atom. The summed E-state index contributed by atoms with van der Waals surface area (Å²) < 4.78 is 20.8. The maximum absolute atomic E-state index is 13.8. The molecule has 0 radical (unpaired) electrons. The SMILES string of the molecule is C=C(/C=C(/c1ccccc1)N(C)CC(=O)N1CCN(c2cc(OC)nn2C)CC1)c1ccc(F)c(C)c1. The van der Waals surface area contributed by atoms with Gasteiger partial charge in [-0.1, -0.05) is 43.0 Å². The van der Waals surface area contributed by atoms with Gasteiger partial charge in [0.15, 0.2) is 0 Å². The second kappa shape index (κ2) is 11.3. The average molecular weight is 504 g/mol. The normalized spacial score (nSPS) is 14.0. The lowest BCUT2D eigenvalue weighted by molar-refractivity contribution is -0.131. The summed E-state index contributed by atoms with van der Waals surface area (Å²) >= 11 is 0. The maximum atomic E-state index is 13.8. The van der Waals surface area contributed by atoms with Crippen LogP contribution in [0.3, 0.4) is 0 Å². The molecule has 7 nitrogen and oxygen atoms in total. The summed E-state index contributed by atoms with van der Waals surface area (Å²) in [5.74, 6) is 1.38. The summed E-state index contributed by atoms with van der Waals surface area (Å²) in [5, 5.41) is 4.33. The van der Waals surface area contributed by atoms with Crippen molar-refractivity contribution >= 4 is 23.0 Å². The molecule has 0 atom stereocenters. The zero-order chi connectivity index (χ0) is 26.5. The van der Waals surface area contributed by atoms with E-state index in [1.54, 1.807) is 30.8 Å². The number of allylic oxidation sites excluding steroid dienone is 2. The van der Waals surface area contributed by atoms with Gasteiger partial charge in [0.2, 0.25) is 11.8 Å². The number of amides is 1. The lowest BCUT2D eigenvalue weighted by Gasteiger charge is -2.36. The summed E-state index contributed by atoms with van der Waals surface area (Å²) in [5.41, 5.74) is 4.02. The Morgan fingerprint density at radius 1 is 1.11 bits per heavy atom. The van der Waals surface area contributed by atoms with Crippen LogP contribution in [0.2, 0.25) is 0 Å². The van der Waals surface area contributed by atoms with Gasteiger partial charge in [0, 0.05) is 52.0 Å². The minimum absolute atomic E-state index is 0.0646. The highest BCUT2D eigenvalue weighted by Crippen LogP contribution is 2.26. The second-order valence-corrected chi connectivity index (χ2v) is 9.28. The highest BCUT2D eigenvalue weighted by atomic mass is 19.1. The molecule has 1 saturated heterocycles. The van der Waals surface area contributed by atoms with Gasteiger partial charge in [0.25, 0.3) is 0 Å². The number of methoxy groups -OCH3 is 1. The predicted octanol–water partition coefficient (Wildman–Crippen LogP) is 4.21. The van der Waals surface area contributed by atoms with Crippen LogP contribution in [0.25, 0.3) is 11.3 Å². The molecule has 0 saturated carbocycles. The van der Waals surface area contributed by atoms with Gasteiger partial charge >= 0.3 is 0 Å². The maximum Gasteiger partial charge on any atom is 0.242 e.